The van der Waals surface area contributed by atoms with E-state index in [0.717, 1.165) is 37.0 Å². The quantitative estimate of drug-likeness (QED) is 0.702. The van der Waals surface area contributed by atoms with Gasteiger partial charge in [-0.2, -0.15) is 0 Å². The largest absolute Gasteiger partial charge is 0.373 e. The normalized spacial score (nSPS) is 20.6. The van der Waals surface area contributed by atoms with Crippen molar-refractivity contribution in [3.63, 3.8) is 0 Å². The molecule has 0 saturated heterocycles. The Bertz CT molecular complexity index is 322. The van der Waals surface area contributed by atoms with Crippen molar-refractivity contribution in [3.05, 3.63) is 35.1 Å². The van der Waals surface area contributed by atoms with Crippen molar-refractivity contribution in [2.45, 2.75) is 32.3 Å². The zero-order valence-electron chi connectivity index (χ0n) is 8.42. The molecule has 0 aromatic heterocycles. The highest BCUT2D eigenvalue weighted by Gasteiger charge is 2.22. The van der Waals surface area contributed by atoms with Crippen LogP contribution < -0.4 is 0 Å². The van der Waals surface area contributed by atoms with Gasteiger partial charge in [0.15, 0.2) is 0 Å². The lowest BCUT2D eigenvalue weighted by Gasteiger charge is -2.26. The highest BCUT2D eigenvalue weighted by Crippen LogP contribution is 2.32. The molecule has 0 amide bonds. The van der Waals surface area contributed by atoms with Gasteiger partial charge in [0.2, 0.25) is 0 Å². The monoisotopic (exact) mass is 194 g/mol. The molecule has 1 atom stereocenters. The standard InChI is InChI=1S/C12H15FO/c1-2-4-11-12-9(7-8-14-11)5-3-6-10(12)13/h3,5-6,11H,2,4,7-8H2,1H3. The maximum atomic E-state index is 13.6. The third-order valence-electron chi connectivity index (χ3n) is 2.71. The molecule has 0 bridgehead atoms. The molecule has 76 valence electrons. The van der Waals surface area contributed by atoms with Crippen molar-refractivity contribution in [3.8, 4) is 0 Å². The van der Waals surface area contributed by atoms with Crippen molar-refractivity contribution in [1.29, 1.82) is 0 Å². The van der Waals surface area contributed by atoms with Gasteiger partial charge in [-0.3, -0.25) is 0 Å². The summed E-state index contributed by atoms with van der Waals surface area (Å²) in [4.78, 5) is 0. The second kappa shape index (κ2) is 4.09. The summed E-state index contributed by atoms with van der Waals surface area (Å²) in [5.41, 5.74) is 1.91. The molecule has 0 saturated carbocycles. The summed E-state index contributed by atoms with van der Waals surface area (Å²) in [6.07, 6.45) is 2.75. The summed E-state index contributed by atoms with van der Waals surface area (Å²) in [6, 6.07) is 5.31. The number of hydrogen-bond donors (Lipinski definition) is 0. The van der Waals surface area contributed by atoms with Gasteiger partial charge in [-0.15, -0.1) is 0 Å². The van der Waals surface area contributed by atoms with Crippen LogP contribution in [0.1, 0.15) is 37.0 Å². The molecule has 2 heteroatoms. The first kappa shape index (κ1) is 9.66. The third-order valence-corrected chi connectivity index (χ3v) is 2.71. The molecule has 0 spiro atoms. The van der Waals surface area contributed by atoms with E-state index in [1.165, 1.54) is 6.07 Å². The Labute approximate surface area is 83.9 Å². The van der Waals surface area contributed by atoms with Crippen LogP contribution in [0, 0.1) is 5.82 Å². The summed E-state index contributed by atoms with van der Waals surface area (Å²) in [5.74, 6) is -0.111. The minimum atomic E-state index is -0.111. The first-order valence-electron chi connectivity index (χ1n) is 5.21. The van der Waals surface area contributed by atoms with Crippen molar-refractivity contribution >= 4 is 0 Å². The molecule has 1 nitrogen and oxygen atoms in total. The molecule has 1 aromatic carbocycles. The summed E-state index contributed by atoms with van der Waals surface area (Å²) < 4.78 is 19.2. The lowest BCUT2D eigenvalue weighted by atomic mass is 9.94. The molecule has 2 rings (SSSR count). The third kappa shape index (κ3) is 1.67. The second-order valence-electron chi connectivity index (χ2n) is 3.71. The Morgan fingerprint density at radius 1 is 1.50 bits per heavy atom. The molecule has 1 aliphatic rings. The average Bonchev–Trinajstić information content (AvgIpc) is 2.19. The van der Waals surface area contributed by atoms with Crippen LogP contribution in [-0.2, 0) is 11.2 Å². The van der Waals surface area contributed by atoms with Gasteiger partial charge in [0.25, 0.3) is 0 Å². The van der Waals surface area contributed by atoms with Gasteiger partial charge < -0.3 is 4.74 Å². The van der Waals surface area contributed by atoms with E-state index in [-0.39, 0.29) is 11.9 Å². The predicted octanol–water partition coefficient (Wildman–Crippen LogP) is 3.24. The van der Waals surface area contributed by atoms with Crippen molar-refractivity contribution < 1.29 is 9.13 Å². The Kier molecular flexibility index (Phi) is 2.82. The summed E-state index contributed by atoms with van der Waals surface area (Å²) in [7, 11) is 0. The van der Waals surface area contributed by atoms with E-state index >= 15 is 0 Å². The molecular formula is C12H15FO. The van der Waals surface area contributed by atoms with E-state index in [4.69, 9.17) is 4.74 Å². The summed E-state index contributed by atoms with van der Waals surface area (Å²) in [6.45, 7) is 2.82. The van der Waals surface area contributed by atoms with Gasteiger partial charge in [0.05, 0.1) is 12.7 Å². The minimum absolute atomic E-state index is 0.0232. The Morgan fingerprint density at radius 3 is 3.14 bits per heavy atom. The van der Waals surface area contributed by atoms with Gasteiger partial charge in [0, 0.05) is 5.56 Å². The molecule has 0 fully saturated rings. The number of benzene rings is 1. The minimum Gasteiger partial charge on any atom is -0.373 e. The average molecular weight is 194 g/mol. The van der Waals surface area contributed by atoms with Crippen LogP contribution in [-0.4, -0.2) is 6.61 Å². The van der Waals surface area contributed by atoms with E-state index in [9.17, 15) is 4.39 Å². The molecule has 1 aliphatic heterocycles. The fourth-order valence-electron chi connectivity index (χ4n) is 2.04. The molecule has 0 N–H and O–H groups in total. The Morgan fingerprint density at radius 2 is 2.36 bits per heavy atom. The summed E-state index contributed by atoms with van der Waals surface area (Å²) in [5, 5.41) is 0. The number of hydrogen-bond acceptors (Lipinski definition) is 1. The Balaban J connectivity index is 2.36. The fraction of sp³-hybridized carbons (Fsp3) is 0.500. The molecule has 1 unspecified atom stereocenters. The Hall–Kier alpha value is -0.890. The van der Waals surface area contributed by atoms with Gasteiger partial charge in [-0.25, -0.2) is 4.39 Å². The van der Waals surface area contributed by atoms with E-state index in [1.807, 2.05) is 6.07 Å². The molecule has 1 heterocycles. The zero-order chi connectivity index (χ0) is 9.97. The highest BCUT2D eigenvalue weighted by atomic mass is 19.1. The molecular weight excluding hydrogens is 179 g/mol. The van der Waals surface area contributed by atoms with E-state index in [0.29, 0.717) is 0 Å². The van der Waals surface area contributed by atoms with Crippen LogP contribution in [0.25, 0.3) is 0 Å². The first-order chi connectivity index (χ1) is 6.83. The lowest BCUT2D eigenvalue weighted by Crippen LogP contribution is -2.17. The van der Waals surface area contributed by atoms with Crippen molar-refractivity contribution in [1.82, 2.24) is 0 Å². The molecule has 1 aromatic rings. The molecule has 14 heavy (non-hydrogen) atoms. The van der Waals surface area contributed by atoms with Gasteiger partial charge in [-0.05, 0) is 24.5 Å². The first-order valence-corrected chi connectivity index (χ1v) is 5.21. The fourth-order valence-corrected chi connectivity index (χ4v) is 2.04. The highest BCUT2D eigenvalue weighted by molar-refractivity contribution is 5.32. The van der Waals surface area contributed by atoms with Gasteiger partial charge in [-0.1, -0.05) is 25.5 Å². The van der Waals surface area contributed by atoms with E-state index < -0.39 is 0 Å². The van der Waals surface area contributed by atoms with Crippen molar-refractivity contribution in [2.75, 3.05) is 6.61 Å². The van der Waals surface area contributed by atoms with Gasteiger partial charge >= 0.3 is 0 Å². The van der Waals surface area contributed by atoms with Crippen LogP contribution >= 0.6 is 0 Å². The second-order valence-corrected chi connectivity index (χ2v) is 3.71. The maximum absolute atomic E-state index is 13.6. The van der Waals surface area contributed by atoms with E-state index in [2.05, 4.69) is 6.92 Å². The van der Waals surface area contributed by atoms with Crippen LogP contribution in [0.3, 0.4) is 0 Å². The number of rotatable bonds is 2. The maximum Gasteiger partial charge on any atom is 0.129 e. The molecule has 0 aliphatic carbocycles. The van der Waals surface area contributed by atoms with E-state index in [1.54, 1.807) is 6.07 Å². The van der Waals surface area contributed by atoms with Crippen LogP contribution in [0.15, 0.2) is 18.2 Å². The van der Waals surface area contributed by atoms with Crippen molar-refractivity contribution in [2.24, 2.45) is 0 Å². The number of ether oxygens (including phenoxy) is 1. The molecule has 0 radical (unpaired) electrons. The SMILES string of the molecule is CCCC1OCCc2cccc(F)c21. The van der Waals surface area contributed by atoms with Crippen LogP contribution in [0.2, 0.25) is 0 Å². The predicted molar refractivity (Wildman–Crippen MR) is 53.7 cm³/mol. The number of fused-ring (bicyclic) bond motifs is 1. The number of halogens is 1. The smallest absolute Gasteiger partial charge is 0.129 e. The van der Waals surface area contributed by atoms with Crippen LogP contribution in [0.4, 0.5) is 4.39 Å². The lowest BCUT2D eigenvalue weighted by molar-refractivity contribution is 0.0333. The zero-order valence-corrected chi connectivity index (χ0v) is 8.42. The topological polar surface area (TPSA) is 9.23 Å². The van der Waals surface area contributed by atoms with Crippen LogP contribution in [0.5, 0.6) is 0 Å². The van der Waals surface area contributed by atoms with Gasteiger partial charge in [0.1, 0.15) is 5.82 Å². The summed E-state index contributed by atoms with van der Waals surface area (Å²) >= 11 is 0.